The molecule has 0 saturated carbocycles. The minimum Gasteiger partial charge on any atom is -0.341 e. The molecule has 0 radical (unpaired) electrons. The second kappa shape index (κ2) is 6.59. The molecule has 1 aliphatic rings. The molecule has 1 aliphatic heterocycles. The topological polar surface area (TPSA) is 46.3 Å². The van der Waals surface area contributed by atoms with Crippen molar-refractivity contribution in [3.05, 3.63) is 21.3 Å². The number of nitrogens with two attached hydrogens (primary N) is 1. The summed E-state index contributed by atoms with van der Waals surface area (Å²) in [6, 6.07) is 2.09. The van der Waals surface area contributed by atoms with Crippen LogP contribution in [0.15, 0.2) is 11.4 Å². The van der Waals surface area contributed by atoms with Crippen LogP contribution in [0.5, 0.6) is 0 Å². The first-order valence-corrected chi connectivity index (χ1v) is 6.67. The first-order chi connectivity index (χ1) is 7.65. The standard InChI is InChI=1S/C11H15ClN2OS.ClH/c12-8-5-10(16-7-8)1-2-11(15)14-4-3-9(13)6-14;/h5,7,9H,1-4,6,13H2;1H/t9-;/m1./s1. The lowest BCUT2D eigenvalue weighted by Crippen LogP contribution is -2.31. The van der Waals surface area contributed by atoms with Gasteiger partial charge in [0, 0.05) is 35.8 Å². The van der Waals surface area contributed by atoms with Crippen LogP contribution in [0.4, 0.5) is 0 Å². The average molecular weight is 295 g/mol. The highest BCUT2D eigenvalue weighted by atomic mass is 35.5. The molecule has 17 heavy (non-hydrogen) atoms. The van der Waals surface area contributed by atoms with Crippen LogP contribution in [-0.2, 0) is 11.2 Å². The van der Waals surface area contributed by atoms with Crippen LogP contribution < -0.4 is 5.73 Å². The number of aryl methyl sites for hydroxylation is 1. The van der Waals surface area contributed by atoms with E-state index in [1.165, 1.54) is 4.88 Å². The van der Waals surface area contributed by atoms with Crippen LogP contribution in [0.25, 0.3) is 0 Å². The number of carbonyl (C=O) groups excluding carboxylic acids is 1. The molecule has 1 aromatic rings. The largest absolute Gasteiger partial charge is 0.341 e. The number of carbonyl (C=O) groups is 1. The third-order valence-corrected chi connectivity index (χ3v) is 4.13. The predicted octanol–water partition coefficient (Wildman–Crippen LogP) is 2.32. The molecule has 0 unspecified atom stereocenters. The minimum atomic E-state index is 0. The average Bonchev–Trinajstić information content (AvgIpc) is 2.84. The van der Waals surface area contributed by atoms with Gasteiger partial charge in [0.2, 0.25) is 5.91 Å². The molecule has 1 aromatic heterocycles. The number of hydrogen-bond donors (Lipinski definition) is 1. The minimum absolute atomic E-state index is 0. The van der Waals surface area contributed by atoms with E-state index in [1.54, 1.807) is 11.3 Å². The van der Waals surface area contributed by atoms with E-state index < -0.39 is 0 Å². The Morgan fingerprint density at radius 2 is 2.41 bits per heavy atom. The summed E-state index contributed by atoms with van der Waals surface area (Å²) in [5.74, 6) is 0.206. The zero-order valence-electron chi connectivity index (χ0n) is 9.39. The number of likely N-dealkylation sites (tertiary alicyclic amines) is 1. The van der Waals surface area contributed by atoms with Crippen molar-refractivity contribution < 1.29 is 4.79 Å². The monoisotopic (exact) mass is 294 g/mol. The SMILES string of the molecule is Cl.N[C@@H]1CCN(C(=O)CCc2cc(Cl)cs2)C1. The normalized spacial score (nSPS) is 19.2. The van der Waals surface area contributed by atoms with Gasteiger partial charge in [-0.3, -0.25) is 4.79 Å². The molecule has 2 heterocycles. The van der Waals surface area contributed by atoms with Crippen molar-refractivity contribution >= 4 is 41.3 Å². The molecule has 6 heteroatoms. The van der Waals surface area contributed by atoms with Crippen LogP contribution in [0.3, 0.4) is 0 Å². The quantitative estimate of drug-likeness (QED) is 0.930. The maximum atomic E-state index is 11.8. The van der Waals surface area contributed by atoms with Crippen LogP contribution >= 0.6 is 35.3 Å². The molecule has 1 amide bonds. The Hall–Kier alpha value is -0.290. The van der Waals surface area contributed by atoms with E-state index in [0.29, 0.717) is 13.0 Å². The lowest BCUT2D eigenvalue weighted by atomic mass is 10.2. The highest BCUT2D eigenvalue weighted by molar-refractivity contribution is 7.10. The molecule has 0 spiro atoms. The third-order valence-electron chi connectivity index (χ3n) is 2.78. The maximum absolute atomic E-state index is 11.8. The van der Waals surface area contributed by atoms with Gasteiger partial charge in [-0.05, 0) is 18.9 Å². The predicted molar refractivity (Wildman–Crippen MR) is 74.1 cm³/mol. The van der Waals surface area contributed by atoms with Gasteiger partial charge in [-0.2, -0.15) is 0 Å². The van der Waals surface area contributed by atoms with Gasteiger partial charge in [0.1, 0.15) is 0 Å². The van der Waals surface area contributed by atoms with E-state index in [9.17, 15) is 4.79 Å². The molecular weight excluding hydrogens is 279 g/mol. The summed E-state index contributed by atoms with van der Waals surface area (Å²) < 4.78 is 0. The maximum Gasteiger partial charge on any atom is 0.222 e. The van der Waals surface area contributed by atoms with Crippen molar-refractivity contribution in [2.45, 2.75) is 25.3 Å². The van der Waals surface area contributed by atoms with E-state index in [4.69, 9.17) is 17.3 Å². The Balaban J connectivity index is 0.00000144. The van der Waals surface area contributed by atoms with Gasteiger partial charge in [0.15, 0.2) is 0 Å². The highest BCUT2D eigenvalue weighted by Crippen LogP contribution is 2.21. The van der Waals surface area contributed by atoms with E-state index >= 15 is 0 Å². The van der Waals surface area contributed by atoms with Gasteiger partial charge in [0.25, 0.3) is 0 Å². The van der Waals surface area contributed by atoms with Crippen LogP contribution in [0, 0.1) is 0 Å². The number of thiophene rings is 1. The van der Waals surface area contributed by atoms with Gasteiger partial charge >= 0.3 is 0 Å². The summed E-state index contributed by atoms with van der Waals surface area (Å²) in [5, 5.41) is 2.66. The van der Waals surface area contributed by atoms with Gasteiger partial charge in [-0.15, -0.1) is 23.7 Å². The first kappa shape index (κ1) is 14.8. The van der Waals surface area contributed by atoms with E-state index in [0.717, 1.165) is 24.4 Å². The van der Waals surface area contributed by atoms with Crippen molar-refractivity contribution in [1.29, 1.82) is 0 Å². The summed E-state index contributed by atoms with van der Waals surface area (Å²) >= 11 is 7.43. The molecule has 1 atom stereocenters. The molecule has 0 bridgehead atoms. The summed E-state index contributed by atoms with van der Waals surface area (Å²) in [7, 11) is 0. The number of rotatable bonds is 3. The lowest BCUT2D eigenvalue weighted by molar-refractivity contribution is -0.130. The van der Waals surface area contributed by atoms with Gasteiger partial charge in [0.05, 0.1) is 5.02 Å². The van der Waals surface area contributed by atoms with Gasteiger partial charge in [-0.1, -0.05) is 11.6 Å². The van der Waals surface area contributed by atoms with Crippen molar-refractivity contribution in [3.63, 3.8) is 0 Å². The smallest absolute Gasteiger partial charge is 0.222 e. The van der Waals surface area contributed by atoms with E-state index in [1.807, 2.05) is 16.3 Å². The molecule has 3 nitrogen and oxygen atoms in total. The second-order valence-electron chi connectivity index (χ2n) is 4.12. The fourth-order valence-corrected chi connectivity index (χ4v) is 2.96. The fourth-order valence-electron chi connectivity index (χ4n) is 1.89. The zero-order valence-corrected chi connectivity index (χ0v) is 11.8. The first-order valence-electron chi connectivity index (χ1n) is 5.41. The van der Waals surface area contributed by atoms with E-state index in [-0.39, 0.29) is 24.4 Å². The molecule has 96 valence electrons. The van der Waals surface area contributed by atoms with Gasteiger partial charge < -0.3 is 10.6 Å². The van der Waals surface area contributed by atoms with Crippen molar-refractivity contribution in [1.82, 2.24) is 4.90 Å². The summed E-state index contributed by atoms with van der Waals surface area (Å²) in [6.45, 7) is 1.52. The van der Waals surface area contributed by atoms with Crippen molar-refractivity contribution in [2.24, 2.45) is 5.73 Å². The molecular formula is C11H16Cl2N2OS. The number of halogens is 2. The van der Waals surface area contributed by atoms with Crippen LogP contribution in [-0.4, -0.2) is 29.9 Å². The Morgan fingerprint density at radius 1 is 1.65 bits per heavy atom. The summed E-state index contributed by atoms with van der Waals surface area (Å²) in [6.07, 6.45) is 2.27. The lowest BCUT2D eigenvalue weighted by Gasteiger charge is -2.15. The number of hydrogen-bond acceptors (Lipinski definition) is 3. The van der Waals surface area contributed by atoms with Crippen LogP contribution in [0.2, 0.25) is 5.02 Å². The third kappa shape index (κ3) is 4.14. The Morgan fingerprint density at radius 3 is 2.94 bits per heavy atom. The van der Waals surface area contributed by atoms with Crippen LogP contribution in [0.1, 0.15) is 17.7 Å². The Kier molecular flexibility index (Phi) is 5.73. The number of amides is 1. The zero-order chi connectivity index (χ0) is 11.5. The molecule has 2 rings (SSSR count). The van der Waals surface area contributed by atoms with Gasteiger partial charge in [-0.25, -0.2) is 0 Å². The second-order valence-corrected chi connectivity index (χ2v) is 5.55. The number of nitrogens with zero attached hydrogens (tertiary/aromatic N) is 1. The Labute approximate surface area is 116 Å². The van der Waals surface area contributed by atoms with Crippen molar-refractivity contribution in [2.75, 3.05) is 13.1 Å². The molecule has 0 aliphatic carbocycles. The summed E-state index contributed by atoms with van der Waals surface area (Å²) in [4.78, 5) is 14.8. The fraction of sp³-hybridized carbons (Fsp3) is 0.545. The van der Waals surface area contributed by atoms with Crippen molar-refractivity contribution in [3.8, 4) is 0 Å². The molecule has 1 fully saturated rings. The summed E-state index contributed by atoms with van der Waals surface area (Å²) in [5.41, 5.74) is 5.76. The van der Waals surface area contributed by atoms with E-state index in [2.05, 4.69) is 0 Å². The molecule has 0 aromatic carbocycles. The highest BCUT2D eigenvalue weighted by Gasteiger charge is 2.23. The molecule has 2 N–H and O–H groups in total. The Bertz CT molecular complexity index is 383. The molecule has 1 saturated heterocycles.